The molecule has 1 aromatic heterocycles. The van der Waals surface area contributed by atoms with Gasteiger partial charge in [0.15, 0.2) is 5.13 Å². The van der Waals surface area contributed by atoms with Crippen molar-refractivity contribution in [2.75, 3.05) is 11.4 Å². The van der Waals surface area contributed by atoms with Gasteiger partial charge in [-0.3, -0.25) is 0 Å². The van der Waals surface area contributed by atoms with Crippen molar-refractivity contribution in [1.82, 2.24) is 4.98 Å². The largest absolute Gasteiger partial charge is 0.323 e. The van der Waals surface area contributed by atoms with Gasteiger partial charge in [-0.1, -0.05) is 29.5 Å². The maximum absolute atomic E-state index is 5.86. The summed E-state index contributed by atoms with van der Waals surface area (Å²) in [6.45, 7) is 5.01. The monoisotopic (exact) mass is 247 g/mol. The predicted molar refractivity (Wildman–Crippen MR) is 73.8 cm³/mol. The van der Waals surface area contributed by atoms with E-state index in [1.54, 1.807) is 11.3 Å². The molecule has 2 N–H and O–H groups in total. The molecule has 3 nitrogen and oxygen atoms in total. The van der Waals surface area contributed by atoms with Gasteiger partial charge in [-0.2, -0.15) is 0 Å². The van der Waals surface area contributed by atoms with E-state index in [2.05, 4.69) is 28.9 Å². The molecule has 1 aromatic carbocycles. The average molecular weight is 247 g/mol. The first-order valence-corrected chi connectivity index (χ1v) is 6.58. The van der Waals surface area contributed by atoms with Crippen LogP contribution in [0, 0.1) is 0 Å². The molecule has 0 radical (unpaired) electrons. The number of aromatic nitrogens is 1. The SMILES string of the molecule is CCN(c1ccccc1)c1ncc(C(C)N)s1. The van der Waals surface area contributed by atoms with E-state index >= 15 is 0 Å². The van der Waals surface area contributed by atoms with Gasteiger partial charge in [-0.25, -0.2) is 4.98 Å². The van der Waals surface area contributed by atoms with Gasteiger partial charge < -0.3 is 10.6 Å². The Bertz CT molecular complexity index is 465. The lowest BCUT2D eigenvalue weighted by Gasteiger charge is -2.19. The molecule has 90 valence electrons. The third kappa shape index (κ3) is 2.65. The highest BCUT2D eigenvalue weighted by molar-refractivity contribution is 7.15. The molecule has 0 aliphatic carbocycles. The number of rotatable bonds is 4. The standard InChI is InChI=1S/C13H17N3S/c1-3-16(11-7-5-4-6-8-11)13-15-9-12(17-13)10(2)14/h4-10H,3,14H2,1-2H3. The summed E-state index contributed by atoms with van der Waals surface area (Å²) in [6.07, 6.45) is 1.87. The number of hydrogen-bond donors (Lipinski definition) is 1. The number of thiazole rings is 1. The van der Waals surface area contributed by atoms with Crippen molar-refractivity contribution in [2.45, 2.75) is 19.9 Å². The van der Waals surface area contributed by atoms with Crippen molar-refractivity contribution in [2.24, 2.45) is 5.73 Å². The Morgan fingerprint density at radius 3 is 2.59 bits per heavy atom. The van der Waals surface area contributed by atoms with Crippen LogP contribution in [0.25, 0.3) is 0 Å². The molecule has 2 rings (SSSR count). The zero-order valence-electron chi connectivity index (χ0n) is 10.1. The van der Waals surface area contributed by atoms with E-state index in [-0.39, 0.29) is 6.04 Å². The van der Waals surface area contributed by atoms with E-state index in [0.717, 1.165) is 16.6 Å². The lowest BCUT2D eigenvalue weighted by atomic mass is 10.3. The second kappa shape index (κ2) is 5.29. The van der Waals surface area contributed by atoms with Crippen LogP contribution in [0.3, 0.4) is 0 Å². The van der Waals surface area contributed by atoms with Crippen molar-refractivity contribution in [1.29, 1.82) is 0 Å². The smallest absolute Gasteiger partial charge is 0.190 e. The summed E-state index contributed by atoms with van der Waals surface area (Å²) in [4.78, 5) is 7.76. The normalized spacial score (nSPS) is 12.4. The molecule has 0 amide bonds. The fraction of sp³-hybridized carbons (Fsp3) is 0.308. The topological polar surface area (TPSA) is 42.2 Å². The highest BCUT2D eigenvalue weighted by Crippen LogP contribution is 2.30. The van der Waals surface area contributed by atoms with Gasteiger partial charge in [-0.15, -0.1) is 0 Å². The second-order valence-electron chi connectivity index (χ2n) is 3.91. The van der Waals surface area contributed by atoms with Gasteiger partial charge in [-0.05, 0) is 26.0 Å². The quantitative estimate of drug-likeness (QED) is 0.901. The number of para-hydroxylation sites is 1. The number of nitrogens with zero attached hydrogens (tertiary/aromatic N) is 2. The summed E-state index contributed by atoms with van der Waals surface area (Å²) in [7, 11) is 0. The van der Waals surface area contributed by atoms with E-state index in [9.17, 15) is 0 Å². The number of hydrogen-bond acceptors (Lipinski definition) is 4. The van der Waals surface area contributed by atoms with Crippen molar-refractivity contribution in [3.63, 3.8) is 0 Å². The molecule has 0 aliphatic rings. The summed E-state index contributed by atoms with van der Waals surface area (Å²) in [6, 6.07) is 10.3. The summed E-state index contributed by atoms with van der Waals surface area (Å²) in [5.41, 5.74) is 7.03. The van der Waals surface area contributed by atoms with Gasteiger partial charge in [0.1, 0.15) is 0 Å². The van der Waals surface area contributed by atoms with Crippen LogP contribution in [0.2, 0.25) is 0 Å². The summed E-state index contributed by atoms with van der Waals surface area (Å²) in [5, 5.41) is 1.01. The minimum atomic E-state index is 0.0516. The molecule has 4 heteroatoms. The molecule has 0 saturated heterocycles. The lowest BCUT2D eigenvalue weighted by molar-refractivity contribution is 0.835. The fourth-order valence-electron chi connectivity index (χ4n) is 1.65. The summed E-state index contributed by atoms with van der Waals surface area (Å²) < 4.78 is 0. The molecular weight excluding hydrogens is 230 g/mol. The minimum Gasteiger partial charge on any atom is -0.323 e. The highest BCUT2D eigenvalue weighted by Gasteiger charge is 2.12. The fourth-order valence-corrected chi connectivity index (χ4v) is 2.60. The third-order valence-electron chi connectivity index (χ3n) is 2.58. The van der Waals surface area contributed by atoms with Crippen molar-refractivity contribution < 1.29 is 0 Å². The Hall–Kier alpha value is -1.39. The maximum Gasteiger partial charge on any atom is 0.190 e. The van der Waals surface area contributed by atoms with Gasteiger partial charge in [0, 0.05) is 29.3 Å². The van der Waals surface area contributed by atoms with Crippen LogP contribution in [-0.2, 0) is 0 Å². The second-order valence-corrected chi connectivity index (χ2v) is 4.95. The molecule has 2 aromatic rings. The Labute approximate surface area is 106 Å². The summed E-state index contributed by atoms with van der Waals surface area (Å²) >= 11 is 1.66. The third-order valence-corrected chi connectivity index (χ3v) is 3.80. The van der Waals surface area contributed by atoms with Crippen LogP contribution >= 0.6 is 11.3 Å². The Morgan fingerprint density at radius 2 is 2.06 bits per heavy atom. The number of nitrogens with two attached hydrogens (primary N) is 1. The molecule has 1 heterocycles. The zero-order chi connectivity index (χ0) is 12.3. The Morgan fingerprint density at radius 1 is 1.35 bits per heavy atom. The van der Waals surface area contributed by atoms with E-state index in [1.807, 2.05) is 31.3 Å². The molecule has 0 spiro atoms. The highest BCUT2D eigenvalue weighted by atomic mass is 32.1. The van der Waals surface area contributed by atoms with Gasteiger partial charge in [0.2, 0.25) is 0 Å². The molecule has 0 saturated carbocycles. The van der Waals surface area contributed by atoms with Crippen molar-refractivity contribution >= 4 is 22.2 Å². The van der Waals surface area contributed by atoms with E-state index in [0.29, 0.717) is 0 Å². The summed E-state index contributed by atoms with van der Waals surface area (Å²) in [5.74, 6) is 0. The van der Waals surface area contributed by atoms with Gasteiger partial charge in [0.05, 0.1) is 0 Å². The Balaban J connectivity index is 2.29. The first kappa shape index (κ1) is 12.1. The zero-order valence-corrected chi connectivity index (χ0v) is 10.9. The van der Waals surface area contributed by atoms with Gasteiger partial charge in [0.25, 0.3) is 0 Å². The predicted octanol–water partition coefficient (Wildman–Crippen LogP) is 3.32. The van der Waals surface area contributed by atoms with Gasteiger partial charge >= 0.3 is 0 Å². The molecule has 1 unspecified atom stereocenters. The van der Waals surface area contributed by atoms with Crippen LogP contribution in [0.15, 0.2) is 36.5 Å². The molecule has 1 atom stereocenters. The number of benzene rings is 1. The minimum absolute atomic E-state index is 0.0516. The van der Waals surface area contributed by atoms with Crippen molar-refractivity contribution in [3.8, 4) is 0 Å². The maximum atomic E-state index is 5.86. The van der Waals surface area contributed by atoms with Crippen LogP contribution in [0.5, 0.6) is 0 Å². The van der Waals surface area contributed by atoms with Crippen molar-refractivity contribution in [3.05, 3.63) is 41.4 Å². The number of anilines is 2. The molecule has 0 bridgehead atoms. The van der Waals surface area contributed by atoms with E-state index < -0.39 is 0 Å². The van der Waals surface area contributed by atoms with Crippen LogP contribution in [0.1, 0.15) is 24.8 Å². The Kier molecular flexibility index (Phi) is 3.76. The van der Waals surface area contributed by atoms with Crippen LogP contribution in [0.4, 0.5) is 10.8 Å². The average Bonchev–Trinajstić information content (AvgIpc) is 2.81. The molecule has 0 fully saturated rings. The van der Waals surface area contributed by atoms with E-state index in [4.69, 9.17) is 5.73 Å². The van der Waals surface area contributed by atoms with Crippen LogP contribution < -0.4 is 10.6 Å². The molecular formula is C13H17N3S. The lowest BCUT2D eigenvalue weighted by Crippen LogP contribution is -2.15. The first-order chi connectivity index (χ1) is 8.22. The first-order valence-electron chi connectivity index (χ1n) is 5.76. The van der Waals surface area contributed by atoms with Crippen LogP contribution in [-0.4, -0.2) is 11.5 Å². The molecule has 0 aliphatic heterocycles. The van der Waals surface area contributed by atoms with E-state index in [1.165, 1.54) is 5.69 Å². The molecule has 17 heavy (non-hydrogen) atoms.